The van der Waals surface area contributed by atoms with E-state index in [-0.39, 0.29) is 124 Å². The number of halogens is 1. The third-order valence-electron chi connectivity index (χ3n) is 7.74. The number of nitrogens with one attached hydrogen (secondary N) is 2. The second kappa shape index (κ2) is 20.5. The fourth-order valence-corrected chi connectivity index (χ4v) is 7.66. The maximum atomic E-state index is 14.0. The molecule has 58 heavy (non-hydrogen) atoms. The van der Waals surface area contributed by atoms with Gasteiger partial charge in [0.25, 0.3) is 10.1 Å². The summed E-state index contributed by atoms with van der Waals surface area (Å²) in [5, 5.41) is 24.5. The van der Waals surface area contributed by atoms with Gasteiger partial charge in [-0.25, -0.2) is 25.3 Å². The standard InChI is InChI=1S/C29H26ClN7O13S4.4Na/c1-12-5-18(21(7-14(12)3)52(42,43)44)31-28-33-27(30)34-29(35-28)32-20-11-17(51(39,40)41)9-16-10-23(54(48,49)50)25(26(38)24(16)20)37-36-19-6-13(2)15(4)8-22(19)53(45,46)47;;;;/h5-11,38H,1-4H3,(H,39,40,41)(H,42,43,44)(H,45,46,47)(H,48,49,50)(H2,31,32,33,34,35);;;;/q;4*+1/p-4. The van der Waals surface area contributed by atoms with Crippen molar-refractivity contribution >= 4 is 97.5 Å². The molecule has 0 amide bonds. The van der Waals surface area contributed by atoms with E-state index in [0.29, 0.717) is 40.5 Å². The van der Waals surface area contributed by atoms with E-state index >= 15 is 0 Å². The summed E-state index contributed by atoms with van der Waals surface area (Å²) < 4.78 is 143. The Hall–Kier alpha value is -0.920. The van der Waals surface area contributed by atoms with Gasteiger partial charge < -0.3 is 29.4 Å². The Balaban J connectivity index is 0.00000420. The molecule has 1 heterocycles. The average molecular weight is 932 g/mol. The Morgan fingerprint density at radius 3 is 1.59 bits per heavy atom. The number of aromatic nitrogens is 3. The third-order valence-corrected chi connectivity index (χ3v) is 11.3. The van der Waals surface area contributed by atoms with E-state index in [0.717, 1.165) is 18.2 Å². The van der Waals surface area contributed by atoms with Crippen LogP contribution < -0.4 is 134 Å². The van der Waals surface area contributed by atoms with Crippen molar-refractivity contribution in [1.29, 1.82) is 0 Å². The number of hydrogen-bond acceptors (Lipinski definition) is 19. The molecule has 29 heteroatoms. The van der Waals surface area contributed by atoms with Gasteiger partial charge in [-0.1, -0.05) is 5.75 Å². The minimum absolute atomic E-state index is 0. The summed E-state index contributed by atoms with van der Waals surface area (Å²) in [5.74, 6) is -2.46. The van der Waals surface area contributed by atoms with Crippen molar-refractivity contribution in [2.24, 2.45) is 10.2 Å². The molecule has 0 spiro atoms. The van der Waals surface area contributed by atoms with Gasteiger partial charge in [0.05, 0.1) is 26.1 Å². The molecule has 0 saturated carbocycles. The molecule has 0 radical (unpaired) electrons. The molecule has 0 bridgehead atoms. The van der Waals surface area contributed by atoms with Gasteiger partial charge in [-0.15, -0.1) is 10.2 Å². The molecule has 5 rings (SSSR count). The molecule has 0 unspecified atom stereocenters. The first-order valence-corrected chi connectivity index (χ1v) is 20.5. The Morgan fingerprint density at radius 1 is 0.603 bits per heavy atom. The van der Waals surface area contributed by atoms with Gasteiger partial charge in [0, 0.05) is 5.69 Å². The molecular weight excluding hydrogens is 910 g/mol. The van der Waals surface area contributed by atoms with Crippen LogP contribution in [0.25, 0.3) is 10.8 Å². The average Bonchev–Trinajstić information content (AvgIpc) is 3.01. The SMILES string of the molecule is Cc1cc(N=Nc2c(S(=O)(=O)O)cc3cc(S(=O)(=O)[O-])cc(Nc4nc(Cl)nc(Nc5cc(C)c(C)cc5S(=O)(=O)[O-])n4)c3c2[O-])c(S(=O)(=O)[O-])cc1C.[Na+].[Na+].[Na+].[Na+]. The van der Waals surface area contributed by atoms with Gasteiger partial charge in [-0.2, -0.15) is 23.4 Å². The first-order chi connectivity index (χ1) is 24.7. The Bertz CT molecular complexity index is 2930. The number of azo groups is 1. The molecule has 20 nitrogen and oxygen atoms in total. The second-order valence-corrected chi connectivity index (χ2v) is 17.3. The van der Waals surface area contributed by atoms with Crippen LogP contribution in [0.1, 0.15) is 22.3 Å². The molecule has 286 valence electrons. The molecule has 0 aliphatic carbocycles. The largest absolute Gasteiger partial charge is 1.00 e. The zero-order valence-corrected chi connectivity index (χ0v) is 43.7. The zero-order valence-electron chi connectivity index (χ0n) is 31.6. The Labute approximate surface area is 425 Å². The maximum absolute atomic E-state index is 14.0. The molecule has 3 N–H and O–H groups in total. The zero-order chi connectivity index (χ0) is 40.3. The number of anilines is 4. The summed E-state index contributed by atoms with van der Waals surface area (Å²) in [4.78, 5) is 7.84. The van der Waals surface area contributed by atoms with E-state index < -0.39 is 111 Å². The fraction of sp³-hybridized carbons (Fsp3) is 0.138. The summed E-state index contributed by atoms with van der Waals surface area (Å²) in [6, 6.07) is 6.33. The Kier molecular flexibility index (Phi) is 19.5. The minimum Gasteiger partial charge on any atom is -0.870 e. The minimum atomic E-state index is -5.39. The molecule has 0 atom stereocenters. The van der Waals surface area contributed by atoms with Crippen molar-refractivity contribution in [3.63, 3.8) is 0 Å². The van der Waals surface area contributed by atoms with Gasteiger partial charge in [0.1, 0.15) is 40.9 Å². The molecule has 0 saturated heterocycles. The second-order valence-electron chi connectivity index (χ2n) is 11.5. The summed E-state index contributed by atoms with van der Waals surface area (Å²) in [6.45, 7) is 6.19. The van der Waals surface area contributed by atoms with Crippen molar-refractivity contribution in [2.45, 2.75) is 47.3 Å². The summed E-state index contributed by atoms with van der Waals surface area (Å²) in [6.07, 6.45) is 0. The van der Waals surface area contributed by atoms with Gasteiger partial charge in [0.15, 0.2) is 0 Å². The molecule has 0 aliphatic heterocycles. The third kappa shape index (κ3) is 12.8. The fourth-order valence-electron chi connectivity index (χ4n) is 4.93. The number of benzene rings is 4. The van der Waals surface area contributed by atoms with Crippen molar-refractivity contribution in [3.05, 3.63) is 70.0 Å². The number of aryl methyl sites for hydroxylation is 4. The first-order valence-electron chi connectivity index (χ1n) is 14.5. The van der Waals surface area contributed by atoms with Crippen LogP contribution in [-0.4, -0.2) is 66.8 Å². The van der Waals surface area contributed by atoms with Crippen molar-refractivity contribution in [2.75, 3.05) is 10.6 Å². The van der Waals surface area contributed by atoms with Crippen LogP contribution in [-0.2, 0) is 40.5 Å². The van der Waals surface area contributed by atoms with E-state index in [2.05, 4.69) is 35.8 Å². The molecule has 0 fully saturated rings. The first kappa shape index (κ1) is 55.1. The van der Waals surface area contributed by atoms with Crippen molar-refractivity contribution in [1.82, 2.24) is 15.0 Å². The van der Waals surface area contributed by atoms with E-state index in [1.807, 2.05) is 0 Å². The van der Waals surface area contributed by atoms with Gasteiger partial charge >= 0.3 is 118 Å². The normalized spacial score (nSPS) is 11.9. The van der Waals surface area contributed by atoms with Crippen molar-refractivity contribution < 1.29 is 175 Å². The van der Waals surface area contributed by atoms with E-state index in [1.54, 1.807) is 13.8 Å². The van der Waals surface area contributed by atoms with Crippen LogP contribution in [0.4, 0.5) is 34.6 Å². The smallest absolute Gasteiger partial charge is 0.870 e. The number of nitrogens with zero attached hydrogens (tertiary/aromatic N) is 5. The van der Waals surface area contributed by atoms with Crippen LogP contribution in [0, 0.1) is 27.7 Å². The number of rotatable bonds is 10. The number of hydrogen-bond donors (Lipinski definition) is 3. The maximum Gasteiger partial charge on any atom is 1.00 e. The molecule has 4 aromatic carbocycles. The monoisotopic (exact) mass is 931 g/mol. The number of fused-ring (bicyclic) bond motifs is 1. The Morgan fingerprint density at radius 2 is 1.09 bits per heavy atom. The molecular formula is C29H22ClN7Na4O13S4. The quantitative estimate of drug-likeness (QED) is 0.0665. The van der Waals surface area contributed by atoms with E-state index in [1.165, 1.54) is 19.9 Å². The van der Waals surface area contributed by atoms with Crippen molar-refractivity contribution in [3.8, 4) is 5.75 Å². The summed E-state index contributed by atoms with van der Waals surface area (Å²) >= 11 is 6.07. The van der Waals surface area contributed by atoms with Crippen LogP contribution in [0.15, 0.2) is 72.3 Å². The van der Waals surface area contributed by atoms with E-state index in [9.17, 15) is 57.0 Å². The van der Waals surface area contributed by atoms with Gasteiger partial charge in [-0.05, 0) is 115 Å². The molecule has 1 aromatic heterocycles. The summed E-state index contributed by atoms with van der Waals surface area (Å²) in [5.41, 5.74) is -0.822. The van der Waals surface area contributed by atoms with Gasteiger partial charge in [-0.3, -0.25) is 4.55 Å². The van der Waals surface area contributed by atoms with E-state index in [4.69, 9.17) is 11.6 Å². The van der Waals surface area contributed by atoms with Crippen LogP contribution in [0.2, 0.25) is 5.28 Å². The topological polar surface area (TPSA) is 336 Å². The van der Waals surface area contributed by atoms with Crippen LogP contribution in [0.3, 0.4) is 0 Å². The predicted molar refractivity (Wildman–Crippen MR) is 185 cm³/mol. The summed E-state index contributed by atoms with van der Waals surface area (Å²) in [7, 11) is -21.0. The molecule has 5 aromatic rings. The van der Waals surface area contributed by atoms with Crippen LogP contribution >= 0.6 is 11.6 Å². The molecule has 0 aliphatic rings. The predicted octanol–water partition coefficient (Wildman–Crippen LogP) is -8.14. The van der Waals surface area contributed by atoms with Crippen LogP contribution in [0.5, 0.6) is 5.75 Å². The van der Waals surface area contributed by atoms with Gasteiger partial charge in [0.2, 0.25) is 17.2 Å².